The second-order valence-electron chi connectivity index (χ2n) is 19.2. The second kappa shape index (κ2) is 49.2. The van der Waals surface area contributed by atoms with Crippen LogP contribution in [0.15, 0.2) is 72.9 Å². The van der Waals surface area contributed by atoms with Gasteiger partial charge in [-0.3, -0.25) is 9.59 Å². The molecule has 386 valence electrons. The smallest absolute Gasteiger partial charge is 0.361 e. The van der Waals surface area contributed by atoms with Gasteiger partial charge >= 0.3 is 17.9 Å². The zero-order valence-corrected chi connectivity index (χ0v) is 43.8. The summed E-state index contributed by atoms with van der Waals surface area (Å²) < 4.78 is 22.8. The van der Waals surface area contributed by atoms with Crippen LogP contribution in [0.5, 0.6) is 0 Å². The average Bonchev–Trinajstić information content (AvgIpc) is 3.29. The van der Waals surface area contributed by atoms with Crippen molar-refractivity contribution in [1.82, 2.24) is 0 Å². The third-order valence-corrected chi connectivity index (χ3v) is 11.5. The van der Waals surface area contributed by atoms with E-state index in [0.717, 1.165) is 83.5 Å². The number of allylic oxidation sites excluding steroid dienone is 12. The van der Waals surface area contributed by atoms with E-state index in [1.165, 1.54) is 103 Å². The molecule has 0 amide bonds. The zero-order chi connectivity index (χ0) is 49.2. The van der Waals surface area contributed by atoms with Crippen molar-refractivity contribution < 1.29 is 42.9 Å². The number of hydrogen-bond acceptors (Lipinski definition) is 7. The lowest BCUT2D eigenvalue weighted by atomic mass is 10.0. The van der Waals surface area contributed by atoms with Gasteiger partial charge in [-0.15, -0.1) is 0 Å². The first-order chi connectivity index (χ1) is 32.6. The lowest BCUT2D eigenvalue weighted by molar-refractivity contribution is -0.870. The first-order valence-electron chi connectivity index (χ1n) is 27.1. The Hall–Kier alpha value is -3.27. The van der Waals surface area contributed by atoms with E-state index < -0.39 is 24.3 Å². The van der Waals surface area contributed by atoms with Crippen molar-refractivity contribution in [3.63, 3.8) is 0 Å². The molecule has 2 atom stereocenters. The van der Waals surface area contributed by atoms with Crippen LogP contribution >= 0.6 is 0 Å². The van der Waals surface area contributed by atoms with Crippen LogP contribution in [-0.2, 0) is 33.3 Å². The highest BCUT2D eigenvalue weighted by atomic mass is 16.7. The standard InChI is InChI=1S/C58H101NO8/c1-6-8-10-12-14-16-18-20-21-22-23-24-25-26-27-28-29-30-31-32-33-34-35-37-39-41-43-45-47-49-56(61)67-54(53-66-58(57(62)63)64-51-50-59(3,4)5)52-65-55(60)48-46-44-42-40-38-36-19-17-15-13-11-9-7-2/h8,10,14,16,20-21,23-24,26-27,29-30,54,58H,6-7,9,11-13,15,17-19,22,25,28,31-53H2,1-5H3/p+1/b10-8-,16-14-,21-20-,24-23-,27-26-,30-29-. The van der Waals surface area contributed by atoms with E-state index in [4.69, 9.17) is 18.9 Å². The topological polar surface area (TPSA) is 108 Å². The van der Waals surface area contributed by atoms with E-state index in [9.17, 15) is 19.5 Å². The summed E-state index contributed by atoms with van der Waals surface area (Å²) in [6, 6.07) is 0. The van der Waals surface area contributed by atoms with Crippen LogP contribution in [0, 0.1) is 0 Å². The number of nitrogens with zero attached hydrogens (tertiary/aromatic N) is 1. The van der Waals surface area contributed by atoms with Gasteiger partial charge in [0.25, 0.3) is 6.29 Å². The predicted molar refractivity (Wildman–Crippen MR) is 281 cm³/mol. The first kappa shape index (κ1) is 63.7. The summed E-state index contributed by atoms with van der Waals surface area (Å²) in [5.74, 6) is -2.01. The molecule has 2 unspecified atom stereocenters. The molecule has 0 rings (SSSR count). The van der Waals surface area contributed by atoms with Gasteiger partial charge in [-0.25, -0.2) is 4.79 Å². The predicted octanol–water partition coefficient (Wildman–Crippen LogP) is 15.5. The molecule has 0 aromatic rings. The molecule has 0 aliphatic rings. The van der Waals surface area contributed by atoms with Gasteiger partial charge < -0.3 is 28.5 Å². The number of aliphatic carboxylic acids is 1. The van der Waals surface area contributed by atoms with Crippen molar-refractivity contribution in [2.45, 2.75) is 232 Å². The Labute approximate surface area is 411 Å². The van der Waals surface area contributed by atoms with Crippen LogP contribution in [0.4, 0.5) is 0 Å². The van der Waals surface area contributed by atoms with Gasteiger partial charge in [-0.1, -0.05) is 215 Å². The summed E-state index contributed by atoms with van der Waals surface area (Å²) in [4.78, 5) is 37.3. The van der Waals surface area contributed by atoms with E-state index in [1.54, 1.807) is 0 Å². The van der Waals surface area contributed by atoms with E-state index in [2.05, 4.69) is 86.8 Å². The van der Waals surface area contributed by atoms with Gasteiger partial charge in [0, 0.05) is 12.8 Å². The van der Waals surface area contributed by atoms with Crippen LogP contribution in [-0.4, -0.2) is 87.4 Å². The fraction of sp³-hybridized carbons (Fsp3) is 0.741. The Kier molecular flexibility index (Phi) is 46.8. The lowest BCUT2D eigenvalue weighted by Gasteiger charge is -2.25. The molecule has 0 radical (unpaired) electrons. The molecule has 9 nitrogen and oxygen atoms in total. The van der Waals surface area contributed by atoms with E-state index in [1.807, 2.05) is 21.1 Å². The van der Waals surface area contributed by atoms with Crippen LogP contribution in [0.25, 0.3) is 0 Å². The number of carboxylic acids is 1. The van der Waals surface area contributed by atoms with Crippen LogP contribution in [0.2, 0.25) is 0 Å². The number of hydrogen-bond donors (Lipinski definition) is 1. The van der Waals surface area contributed by atoms with Gasteiger partial charge in [0.05, 0.1) is 34.4 Å². The third kappa shape index (κ3) is 50.4. The number of ether oxygens (including phenoxy) is 4. The van der Waals surface area contributed by atoms with Gasteiger partial charge in [0.1, 0.15) is 13.2 Å². The highest BCUT2D eigenvalue weighted by Crippen LogP contribution is 2.15. The molecule has 9 heteroatoms. The quantitative estimate of drug-likeness (QED) is 0.0211. The summed E-state index contributed by atoms with van der Waals surface area (Å²) in [6.45, 7) is 4.76. The minimum absolute atomic E-state index is 0.184. The second-order valence-corrected chi connectivity index (χ2v) is 19.2. The fourth-order valence-electron chi connectivity index (χ4n) is 7.31. The minimum atomic E-state index is -1.51. The molecule has 0 aliphatic carbocycles. The summed E-state index contributed by atoms with van der Waals surface area (Å²) in [6.07, 6.45) is 59.7. The summed E-state index contributed by atoms with van der Waals surface area (Å²) in [7, 11) is 5.96. The zero-order valence-electron chi connectivity index (χ0n) is 43.8. The first-order valence-corrected chi connectivity index (χ1v) is 27.1. The number of rotatable bonds is 49. The molecule has 0 aromatic heterocycles. The van der Waals surface area contributed by atoms with Crippen LogP contribution in [0.3, 0.4) is 0 Å². The molecule has 0 aliphatic heterocycles. The molecule has 0 aromatic carbocycles. The van der Waals surface area contributed by atoms with Gasteiger partial charge in [0.15, 0.2) is 6.10 Å². The highest BCUT2D eigenvalue weighted by Gasteiger charge is 2.25. The number of carboxylic acid groups (broad SMARTS) is 1. The molecule has 0 bridgehead atoms. The van der Waals surface area contributed by atoms with Crippen molar-refractivity contribution in [3.8, 4) is 0 Å². The number of likely N-dealkylation sites (N-methyl/N-ethyl adjacent to an activating group) is 1. The molecule has 0 spiro atoms. The minimum Gasteiger partial charge on any atom is -0.477 e. The Balaban J connectivity index is 4.24. The van der Waals surface area contributed by atoms with Gasteiger partial charge in [-0.2, -0.15) is 0 Å². The average molecular weight is 941 g/mol. The molecule has 0 saturated carbocycles. The highest BCUT2D eigenvalue weighted by molar-refractivity contribution is 5.71. The molecule has 67 heavy (non-hydrogen) atoms. The van der Waals surface area contributed by atoms with Crippen molar-refractivity contribution in [1.29, 1.82) is 0 Å². The summed E-state index contributed by atoms with van der Waals surface area (Å²) >= 11 is 0. The van der Waals surface area contributed by atoms with Crippen molar-refractivity contribution >= 4 is 17.9 Å². The van der Waals surface area contributed by atoms with Gasteiger partial charge in [-0.05, 0) is 64.2 Å². The summed E-state index contributed by atoms with van der Waals surface area (Å²) in [5.41, 5.74) is 0. The van der Waals surface area contributed by atoms with Gasteiger partial charge in [0.2, 0.25) is 0 Å². The van der Waals surface area contributed by atoms with E-state index >= 15 is 0 Å². The largest absolute Gasteiger partial charge is 0.477 e. The number of carbonyl (C=O) groups is 3. The third-order valence-electron chi connectivity index (χ3n) is 11.5. The molecule has 1 N–H and O–H groups in total. The maximum Gasteiger partial charge on any atom is 0.361 e. The molecule has 0 heterocycles. The monoisotopic (exact) mass is 941 g/mol. The maximum absolute atomic E-state index is 12.8. The fourth-order valence-corrected chi connectivity index (χ4v) is 7.31. The van der Waals surface area contributed by atoms with Crippen molar-refractivity contribution in [2.75, 3.05) is 47.5 Å². The SMILES string of the molecule is CC/C=C\C/C=C\C/C=C\C/C=C\C/C=C\C/C=C\CCCCCCCCCCCCC(=O)OC(COC(=O)CCCCCCCCCCCCCCC)COC(OCC[N+](C)(C)C)C(=O)O. The number of carbonyl (C=O) groups excluding carboxylic acids is 2. The van der Waals surface area contributed by atoms with Crippen molar-refractivity contribution in [2.24, 2.45) is 0 Å². The van der Waals surface area contributed by atoms with E-state index in [-0.39, 0.29) is 32.2 Å². The Bertz CT molecular complexity index is 1330. The number of unbranched alkanes of at least 4 members (excludes halogenated alkanes) is 22. The number of quaternary nitrogens is 1. The Morgan fingerprint density at radius 3 is 1.27 bits per heavy atom. The van der Waals surface area contributed by atoms with Crippen molar-refractivity contribution in [3.05, 3.63) is 72.9 Å². The molecular weight excluding hydrogens is 839 g/mol. The Morgan fingerprint density at radius 1 is 0.463 bits per heavy atom. The number of esters is 2. The normalized spacial score (nSPS) is 13.4. The molecular formula is C58H102NO8+. The molecule has 0 saturated heterocycles. The lowest BCUT2D eigenvalue weighted by Crippen LogP contribution is -2.40. The van der Waals surface area contributed by atoms with E-state index in [0.29, 0.717) is 23.9 Å². The maximum atomic E-state index is 12.8. The van der Waals surface area contributed by atoms with Crippen LogP contribution in [0.1, 0.15) is 219 Å². The summed E-state index contributed by atoms with van der Waals surface area (Å²) in [5, 5.41) is 9.67. The Morgan fingerprint density at radius 2 is 0.851 bits per heavy atom. The molecule has 0 fully saturated rings. The van der Waals surface area contributed by atoms with Crippen LogP contribution < -0.4 is 0 Å².